The van der Waals surface area contributed by atoms with Crippen molar-refractivity contribution in [3.05, 3.63) is 20.8 Å². The SMILES string of the molecule is CCC(C)CSC(c1cc(Br)cs1)C(C)N. The highest BCUT2D eigenvalue weighted by Crippen LogP contribution is 2.37. The minimum Gasteiger partial charge on any atom is -0.327 e. The number of hydrogen-bond donors (Lipinski definition) is 1. The fourth-order valence-corrected chi connectivity index (χ4v) is 4.57. The summed E-state index contributed by atoms with van der Waals surface area (Å²) in [5.74, 6) is 1.97. The van der Waals surface area contributed by atoms with Crippen LogP contribution in [0.3, 0.4) is 0 Å². The van der Waals surface area contributed by atoms with Gasteiger partial charge < -0.3 is 5.73 Å². The Kier molecular flexibility index (Phi) is 6.40. The first kappa shape index (κ1) is 14.6. The molecule has 1 nitrogen and oxygen atoms in total. The smallest absolute Gasteiger partial charge is 0.0539 e. The average molecular weight is 322 g/mol. The summed E-state index contributed by atoms with van der Waals surface area (Å²) in [5.41, 5.74) is 6.08. The van der Waals surface area contributed by atoms with Crippen molar-refractivity contribution < 1.29 is 0 Å². The van der Waals surface area contributed by atoms with E-state index in [4.69, 9.17) is 5.73 Å². The molecule has 2 N–H and O–H groups in total. The second kappa shape index (κ2) is 7.04. The number of thioether (sulfide) groups is 1. The fourth-order valence-electron chi connectivity index (χ4n) is 1.36. The van der Waals surface area contributed by atoms with E-state index in [-0.39, 0.29) is 6.04 Å². The third kappa shape index (κ3) is 4.40. The monoisotopic (exact) mass is 321 g/mol. The Morgan fingerprint density at radius 3 is 2.62 bits per heavy atom. The Balaban J connectivity index is 2.61. The largest absolute Gasteiger partial charge is 0.327 e. The first-order valence-electron chi connectivity index (χ1n) is 5.65. The second-order valence-corrected chi connectivity index (χ2v) is 7.33. The van der Waals surface area contributed by atoms with Gasteiger partial charge >= 0.3 is 0 Å². The molecule has 92 valence electrons. The zero-order valence-electron chi connectivity index (χ0n) is 10.1. The van der Waals surface area contributed by atoms with Crippen molar-refractivity contribution in [1.29, 1.82) is 0 Å². The molecule has 0 aliphatic heterocycles. The summed E-state index contributed by atoms with van der Waals surface area (Å²) in [5, 5.41) is 2.57. The number of nitrogens with two attached hydrogens (primary N) is 1. The molecule has 0 aliphatic carbocycles. The second-order valence-electron chi connectivity index (χ2n) is 4.29. The third-order valence-electron chi connectivity index (χ3n) is 2.60. The van der Waals surface area contributed by atoms with Crippen LogP contribution in [0.1, 0.15) is 37.3 Å². The van der Waals surface area contributed by atoms with Gasteiger partial charge in [-0.2, -0.15) is 11.8 Å². The predicted octanol–water partition coefficient (Wildman–Crippen LogP) is 4.68. The van der Waals surface area contributed by atoms with E-state index in [0.29, 0.717) is 5.25 Å². The average Bonchev–Trinajstić information content (AvgIpc) is 2.64. The van der Waals surface area contributed by atoms with Crippen molar-refractivity contribution in [1.82, 2.24) is 0 Å². The standard InChI is InChI=1S/C12H20BrNS2/c1-4-8(2)6-16-12(9(3)14)11-5-10(13)7-15-11/h5,7-9,12H,4,6,14H2,1-3H3. The van der Waals surface area contributed by atoms with Gasteiger partial charge in [0, 0.05) is 20.8 Å². The highest BCUT2D eigenvalue weighted by atomic mass is 79.9. The third-order valence-corrected chi connectivity index (χ3v) is 6.33. The fraction of sp³-hybridized carbons (Fsp3) is 0.667. The molecule has 0 bridgehead atoms. The lowest BCUT2D eigenvalue weighted by Gasteiger charge is -2.20. The maximum Gasteiger partial charge on any atom is 0.0539 e. The van der Waals surface area contributed by atoms with Gasteiger partial charge in [-0.05, 0) is 40.6 Å². The first-order chi connectivity index (χ1) is 7.54. The van der Waals surface area contributed by atoms with E-state index < -0.39 is 0 Å². The molecule has 0 radical (unpaired) electrons. The molecular weight excluding hydrogens is 302 g/mol. The topological polar surface area (TPSA) is 26.0 Å². The van der Waals surface area contributed by atoms with Crippen LogP contribution in [-0.2, 0) is 0 Å². The highest BCUT2D eigenvalue weighted by Gasteiger charge is 2.19. The van der Waals surface area contributed by atoms with Gasteiger partial charge in [-0.15, -0.1) is 11.3 Å². The van der Waals surface area contributed by atoms with Gasteiger partial charge in [-0.25, -0.2) is 0 Å². The van der Waals surface area contributed by atoms with E-state index in [9.17, 15) is 0 Å². The summed E-state index contributed by atoms with van der Waals surface area (Å²) in [7, 11) is 0. The Morgan fingerprint density at radius 1 is 1.50 bits per heavy atom. The normalized spacial score (nSPS) is 17.1. The van der Waals surface area contributed by atoms with Gasteiger partial charge in [0.05, 0.1) is 5.25 Å². The van der Waals surface area contributed by atoms with Crippen LogP contribution < -0.4 is 5.73 Å². The number of halogens is 1. The molecule has 16 heavy (non-hydrogen) atoms. The molecule has 3 atom stereocenters. The van der Waals surface area contributed by atoms with Gasteiger partial charge in [-0.1, -0.05) is 20.3 Å². The van der Waals surface area contributed by atoms with Crippen LogP contribution in [-0.4, -0.2) is 11.8 Å². The van der Waals surface area contributed by atoms with E-state index in [2.05, 4.69) is 48.1 Å². The van der Waals surface area contributed by atoms with Crippen LogP contribution in [0.25, 0.3) is 0 Å². The lowest BCUT2D eigenvalue weighted by atomic mass is 10.2. The highest BCUT2D eigenvalue weighted by molar-refractivity contribution is 9.10. The Hall–Kier alpha value is 0.490. The van der Waals surface area contributed by atoms with Gasteiger partial charge in [-0.3, -0.25) is 0 Å². The molecule has 0 spiro atoms. The summed E-state index contributed by atoms with van der Waals surface area (Å²) in [6, 6.07) is 2.40. The van der Waals surface area contributed by atoms with Crippen molar-refractivity contribution in [2.75, 3.05) is 5.75 Å². The Bertz CT molecular complexity index is 312. The van der Waals surface area contributed by atoms with Gasteiger partial charge in [0.25, 0.3) is 0 Å². The van der Waals surface area contributed by atoms with Crippen molar-refractivity contribution in [2.45, 2.75) is 38.5 Å². The lowest BCUT2D eigenvalue weighted by Crippen LogP contribution is -2.22. The Morgan fingerprint density at radius 2 is 2.19 bits per heavy atom. The molecule has 0 amide bonds. The van der Waals surface area contributed by atoms with Crippen molar-refractivity contribution >= 4 is 39.0 Å². The summed E-state index contributed by atoms with van der Waals surface area (Å²) >= 11 is 7.29. The van der Waals surface area contributed by atoms with E-state index in [1.54, 1.807) is 11.3 Å². The molecule has 3 unspecified atom stereocenters. The molecule has 4 heteroatoms. The zero-order chi connectivity index (χ0) is 12.1. The summed E-state index contributed by atoms with van der Waals surface area (Å²) in [6.45, 7) is 6.64. The van der Waals surface area contributed by atoms with Crippen LogP contribution in [0.4, 0.5) is 0 Å². The number of thiophene rings is 1. The van der Waals surface area contributed by atoms with Crippen LogP contribution in [0, 0.1) is 5.92 Å². The predicted molar refractivity (Wildman–Crippen MR) is 80.3 cm³/mol. The van der Waals surface area contributed by atoms with Crippen molar-refractivity contribution in [3.8, 4) is 0 Å². The number of rotatable bonds is 6. The maximum atomic E-state index is 6.08. The molecular formula is C12H20BrNS2. The summed E-state index contributed by atoms with van der Waals surface area (Å²) in [6.07, 6.45) is 1.24. The summed E-state index contributed by atoms with van der Waals surface area (Å²) in [4.78, 5) is 1.38. The van der Waals surface area contributed by atoms with E-state index in [1.165, 1.54) is 21.5 Å². The molecule has 0 saturated carbocycles. The molecule has 1 heterocycles. The molecule has 0 fully saturated rings. The van der Waals surface area contributed by atoms with Crippen molar-refractivity contribution in [2.24, 2.45) is 11.7 Å². The van der Waals surface area contributed by atoms with Crippen LogP contribution in [0.15, 0.2) is 15.9 Å². The van der Waals surface area contributed by atoms with E-state index >= 15 is 0 Å². The van der Waals surface area contributed by atoms with Crippen LogP contribution >= 0.6 is 39.0 Å². The lowest BCUT2D eigenvalue weighted by molar-refractivity contribution is 0.632. The molecule has 0 aromatic carbocycles. The molecule has 0 saturated heterocycles. The zero-order valence-corrected chi connectivity index (χ0v) is 13.3. The maximum absolute atomic E-state index is 6.08. The molecule has 1 aromatic heterocycles. The van der Waals surface area contributed by atoms with Gasteiger partial charge in [0.2, 0.25) is 0 Å². The molecule has 1 rings (SSSR count). The molecule has 1 aromatic rings. The molecule has 0 aliphatic rings. The Labute approximate surface area is 115 Å². The van der Waals surface area contributed by atoms with Gasteiger partial charge in [0.15, 0.2) is 0 Å². The first-order valence-corrected chi connectivity index (χ1v) is 8.37. The van der Waals surface area contributed by atoms with Gasteiger partial charge in [0.1, 0.15) is 0 Å². The van der Waals surface area contributed by atoms with E-state index in [0.717, 1.165) is 5.92 Å². The van der Waals surface area contributed by atoms with E-state index in [1.807, 2.05) is 11.8 Å². The minimum absolute atomic E-state index is 0.208. The summed E-state index contributed by atoms with van der Waals surface area (Å²) < 4.78 is 1.17. The quantitative estimate of drug-likeness (QED) is 0.823. The van der Waals surface area contributed by atoms with Crippen LogP contribution in [0.5, 0.6) is 0 Å². The van der Waals surface area contributed by atoms with Crippen molar-refractivity contribution in [3.63, 3.8) is 0 Å². The number of hydrogen-bond acceptors (Lipinski definition) is 3. The van der Waals surface area contributed by atoms with Crippen LogP contribution in [0.2, 0.25) is 0 Å². The minimum atomic E-state index is 0.208.